The van der Waals surface area contributed by atoms with Gasteiger partial charge in [-0.2, -0.15) is 5.10 Å². The van der Waals surface area contributed by atoms with Gasteiger partial charge in [0.1, 0.15) is 17.9 Å². The first-order chi connectivity index (χ1) is 9.16. The van der Waals surface area contributed by atoms with Crippen LogP contribution >= 0.6 is 0 Å². The Balaban J connectivity index is 1.94. The lowest BCUT2D eigenvalue weighted by molar-refractivity contribution is -0.131. The summed E-state index contributed by atoms with van der Waals surface area (Å²) in [5.74, 6) is 0.677. The van der Waals surface area contributed by atoms with Crippen molar-refractivity contribution in [3.05, 3.63) is 34.5 Å². The van der Waals surface area contributed by atoms with Crippen LogP contribution in [0, 0.1) is 6.92 Å². The summed E-state index contributed by atoms with van der Waals surface area (Å²) in [5.41, 5.74) is 0.338. The molecule has 0 saturated carbocycles. The van der Waals surface area contributed by atoms with Gasteiger partial charge in [0.2, 0.25) is 5.91 Å². The van der Waals surface area contributed by atoms with Crippen LogP contribution in [-0.4, -0.2) is 38.1 Å². The molecule has 1 amide bonds. The van der Waals surface area contributed by atoms with Gasteiger partial charge >= 0.3 is 0 Å². The van der Waals surface area contributed by atoms with Gasteiger partial charge in [-0.15, -0.1) is 0 Å². The van der Waals surface area contributed by atoms with Crippen molar-refractivity contribution in [1.29, 1.82) is 0 Å². The summed E-state index contributed by atoms with van der Waals surface area (Å²) in [6.45, 7) is 3.44. The van der Waals surface area contributed by atoms with Crippen molar-refractivity contribution in [2.45, 2.75) is 26.3 Å². The van der Waals surface area contributed by atoms with Crippen molar-refractivity contribution >= 4 is 11.4 Å². The number of hydrogen-bond acceptors (Lipinski definition) is 3. The van der Waals surface area contributed by atoms with Crippen LogP contribution in [0.2, 0.25) is 0 Å². The summed E-state index contributed by atoms with van der Waals surface area (Å²) in [6.07, 6.45) is 3.89. The lowest BCUT2D eigenvalue weighted by atomic mass is 10.4. The van der Waals surface area contributed by atoms with E-state index in [1.54, 1.807) is 27.6 Å². The van der Waals surface area contributed by atoms with Crippen LogP contribution in [0.25, 0.3) is 5.52 Å². The van der Waals surface area contributed by atoms with Gasteiger partial charge in [0.05, 0.1) is 0 Å². The van der Waals surface area contributed by atoms with Crippen LogP contribution in [0.3, 0.4) is 0 Å². The number of likely N-dealkylation sites (tertiary alicyclic amines) is 1. The van der Waals surface area contributed by atoms with Crippen molar-refractivity contribution in [2.75, 3.05) is 13.1 Å². The standard InChI is InChI=1S/C13H16N4O2/c1-10-14-17(9-12(18)15-6-2-3-7-15)13(19)11-5-4-8-16(10)11/h4-5,8H,2-3,6-7,9H2,1H3. The summed E-state index contributed by atoms with van der Waals surface area (Å²) in [7, 11) is 0. The van der Waals surface area contributed by atoms with Gasteiger partial charge in [-0.1, -0.05) is 0 Å². The maximum atomic E-state index is 12.2. The van der Waals surface area contributed by atoms with E-state index < -0.39 is 0 Å². The molecule has 2 aromatic rings. The SMILES string of the molecule is Cc1nn(CC(=O)N2CCCC2)c(=O)c2cccn12. The van der Waals surface area contributed by atoms with E-state index in [9.17, 15) is 9.59 Å². The summed E-state index contributed by atoms with van der Waals surface area (Å²) >= 11 is 0. The third-order valence-corrected chi connectivity index (χ3v) is 3.56. The van der Waals surface area contributed by atoms with E-state index in [-0.39, 0.29) is 18.0 Å². The lowest BCUT2D eigenvalue weighted by Gasteiger charge is -2.15. The van der Waals surface area contributed by atoms with Crippen molar-refractivity contribution < 1.29 is 4.79 Å². The molecular weight excluding hydrogens is 244 g/mol. The molecule has 0 N–H and O–H groups in total. The van der Waals surface area contributed by atoms with Gasteiger partial charge in [-0.3, -0.25) is 14.0 Å². The molecule has 3 heterocycles. The van der Waals surface area contributed by atoms with E-state index in [1.807, 2.05) is 6.92 Å². The maximum Gasteiger partial charge on any atom is 0.291 e. The zero-order chi connectivity index (χ0) is 13.4. The summed E-state index contributed by atoms with van der Waals surface area (Å²) in [5, 5.41) is 4.20. The van der Waals surface area contributed by atoms with Crippen molar-refractivity contribution in [1.82, 2.24) is 19.1 Å². The second-order valence-corrected chi connectivity index (χ2v) is 4.86. The number of rotatable bonds is 2. The van der Waals surface area contributed by atoms with Gasteiger partial charge in [0, 0.05) is 19.3 Å². The normalized spacial score (nSPS) is 15.3. The third-order valence-electron chi connectivity index (χ3n) is 3.56. The Morgan fingerprint density at radius 3 is 2.84 bits per heavy atom. The Labute approximate surface area is 110 Å². The molecule has 0 aliphatic carbocycles. The first-order valence-electron chi connectivity index (χ1n) is 6.49. The Morgan fingerprint density at radius 2 is 2.11 bits per heavy atom. The van der Waals surface area contributed by atoms with Crippen LogP contribution in [0.5, 0.6) is 0 Å². The number of carbonyl (C=O) groups excluding carboxylic acids is 1. The molecule has 0 bridgehead atoms. The van der Waals surface area contributed by atoms with E-state index in [0.717, 1.165) is 25.9 Å². The fourth-order valence-electron chi connectivity index (χ4n) is 2.54. The molecule has 1 fully saturated rings. The smallest absolute Gasteiger partial charge is 0.291 e. The monoisotopic (exact) mass is 260 g/mol. The number of nitrogens with zero attached hydrogens (tertiary/aromatic N) is 4. The summed E-state index contributed by atoms with van der Waals surface area (Å²) in [4.78, 5) is 26.1. The quantitative estimate of drug-likeness (QED) is 0.786. The molecule has 0 radical (unpaired) electrons. The molecule has 1 saturated heterocycles. The molecular formula is C13H16N4O2. The molecule has 6 nitrogen and oxygen atoms in total. The topological polar surface area (TPSA) is 59.6 Å². The lowest BCUT2D eigenvalue weighted by Crippen LogP contribution is -2.36. The second-order valence-electron chi connectivity index (χ2n) is 4.86. The number of fused-ring (bicyclic) bond motifs is 1. The number of carbonyl (C=O) groups is 1. The number of aryl methyl sites for hydroxylation is 1. The number of amides is 1. The summed E-state index contributed by atoms with van der Waals surface area (Å²) in [6, 6.07) is 3.55. The minimum atomic E-state index is -0.219. The molecule has 6 heteroatoms. The molecule has 100 valence electrons. The first kappa shape index (κ1) is 12.0. The van der Waals surface area contributed by atoms with Gasteiger partial charge in [-0.25, -0.2) is 4.68 Å². The minimum Gasteiger partial charge on any atom is -0.341 e. The van der Waals surface area contributed by atoms with Crippen molar-refractivity contribution in [3.63, 3.8) is 0 Å². The molecule has 2 aromatic heterocycles. The van der Waals surface area contributed by atoms with Gasteiger partial charge in [0.15, 0.2) is 0 Å². The molecule has 0 aromatic carbocycles. The van der Waals surface area contributed by atoms with Crippen molar-refractivity contribution in [3.8, 4) is 0 Å². The van der Waals surface area contributed by atoms with Crippen LogP contribution in [0.4, 0.5) is 0 Å². The van der Waals surface area contributed by atoms with Crippen LogP contribution in [0.1, 0.15) is 18.7 Å². The largest absolute Gasteiger partial charge is 0.341 e. The first-order valence-corrected chi connectivity index (χ1v) is 6.49. The Bertz CT molecular complexity index is 679. The Hall–Kier alpha value is -2.11. The highest BCUT2D eigenvalue weighted by atomic mass is 16.2. The average molecular weight is 260 g/mol. The number of hydrogen-bond donors (Lipinski definition) is 0. The number of aromatic nitrogens is 3. The van der Waals surface area contributed by atoms with Gasteiger partial charge < -0.3 is 4.90 Å². The van der Waals surface area contributed by atoms with Gasteiger partial charge in [0.25, 0.3) is 5.56 Å². The van der Waals surface area contributed by atoms with E-state index in [2.05, 4.69) is 5.10 Å². The maximum absolute atomic E-state index is 12.2. The zero-order valence-corrected chi connectivity index (χ0v) is 10.9. The highest BCUT2D eigenvalue weighted by Gasteiger charge is 2.19. The molecule has 0 spiro atoms. The Morgan fingerprint density at radius 1 is 1.37 bits per heavy atom. The zero-order valence-electron chi connectivity index (χ0n) is 10.9. The molecule has 3 rings (SSSR count). The van der Waals surface area contributed by atoms with Crippen LogP contribution in [-0.2, 0) is 11.3 Å². The summed E-state index contributed by atoms with van der Waals surface area (Å²) < 4.78 is 3.00. The molecule has 1 aliphatic rings. The Kier molecular flexibility index (Phi) is 2.85. The van der Waals surface area contributed by atoms with E-state index in [1.165, 1.54) is 4.68 Å². The molecule has 1 aliphatic heterocycles. The minimum absolute atomic E-state index is 0.0255. The molecule has 0 atom stereocenters. The third kappa shape index (κ3) is 2.03. The highest BCUT2D eigenvalue weighted by molar-refractivity contribution is 5.76. The van der Waals surface area contributed by atoms with Gasteiger partial charge in [-0.05, 0) is 31.9 Å². The predicted octanol–water partition coefficient (Wildman–Crippen LogP) is 0.427. The molecule has 19 heavy (non-hydrogen) atoms. The van der Waals surface area contributed by atoms with Crippen LogP contribution in [0.15, 0.2) is 23.1 Å². The fourth-order valence-corrected chi connectivity index (χ4v) is 2.54. The average Bonchev–Trinajstić information content (AvgIpc) is 3.05. The second kappa shape index (κ2) is 4.53. The van der Waals surface area contributed by atoms with E-state index in [4.69, 9.17) is 0 Å². The van der Waals surface area contributed by atoms with E-state index >= 15 is 0 Å². The van der Waals surface area contributed by atoms with E-state index in [0.29, 0.717) is 11.3 Å². The predicted molar refractivity (Wildman–Crippen MR) is 70.0 cm³/mol. The highest BCUT2D eigenvalue weighted by Crippen LogP contribution is 2.08. The molecule has 0 unspecified atom stereocenters. The van der Waals surface area contributed by atoms with Crippen molar-refractivity contribution in [2.24, 2.45) is 0 Å². The van der Waals surface area contributed by atoms with Crippen LogP contribution < -0.4 is 5.56 Å². The fraction of sp³-hybridized carbons (Fsp3) is 0.462.